The fourth-order valence-electron chi connectivity index (χ4n) is 7.36. The predicted octanol–water partition coefficient (Wildman–Crippen LogP) is 15.9. The van der Waals surface area contributed by atoms with Gasteiger partial charge in [-0.05, 0) is 145 Å². The van der Waals surface area contributed by atoms with E-state index in [2.05, 4.69) is 244 Å². The first-order chi connectivity index (χ1) is 28.4. The standard InChI is InChI=1S/C56H48N2/c1-41-15-29-51(30-16-41)57(55-37-23-47(43(3)39-55)21-19-45-11-7-5-8-12-45)53-33-25-49(26-34-53)50-27-35-54(36-28-50)58(52-31-17-42(2)18-32-52)56-38-24-48(44(4)40-56)22-20-46-13-9-6-10-14-46/h5-40H,1-4H3. The van der Waals surface area contributed by atoms with Crippen molar-refractivity contribution in [2.24, 2.45) is 0 Å². The quantitative estimate of drug-likeness (QED) is 0.122. The molecular formula is C56H48N2. The van der Waals surface area contributed by atoms with Crippen LogP contribution in [0.25, 0.3) is 35.4 Å². The van der Waals surface area contributed by atoms with Gasteiger partial charge in [-0.15, -0.1) is 0 Å². The molecule has 0 radical (unpaired) electrons. The van der Waals surface area contributed by atoms with Crippen LogP contribution >= 0.6 is 0 Å². The maximum Gasteiger partial charge on any atom is 0.0464 e. The SMILES string of the molecule is Cc1ccc(N(c2ccc(-c3ccc(N(c4ccc(C)cc4)c4ccc(C=Cc5ccccc5)c(C)c4)cc3)cc2)c2ccc(C=Cc3ccccc3)c(C)c2)cc1. The first-order valence-corrected chi connectivity index (χ1v) is 20.0. The second kappa shape index (κ2) is 17.3. The lowest BCUT2D eigenvalue weighted by atomic mass is 10.0. The fourth-order valence-corrected chi connectivity index (χ4v) is 7.36. The van der Waals surface area contributed by atoms with Crippen molar-refractivity contribution in [2.45, 2.75) is 27.7 Å². The molecule has 0 fully saturated rings. The first kappa shape index (κ1) is 37.7. The highest BCUT2D eigenvalue weighted by Crippen LogP contribution is 2.39. The Bertz CT molecular complexity index is 2460. The molecule has 0 aliphatic carbocycles. The average Bonchev–Trinajstić information content (AvgIpc) is 3.26. The lowest BCUT2D eigenvalue weighted by Gasteiger charge is -2.27. The minimum absolute atomic E-state index is 1.11. The van der Waals surface area contributed by atoms with Gasteiger partial charge in [-0.2, -0.15) is 0 Å². The van der Waals surface area contributed by atoms with Crippen LogP contribution < -0.4 is 9.80 Å². The lowest BCUT2D eigenvalue weighted by Crippen LogP contribution is -2.10. The van der Waals surface area contributed by atoms with E-state index in [1.54, 1.807) is 0 Å². The number of benzene rings is 8. The Morgan fingerprint density at radius 1 is 0.293 bits per heavy atom. The van der Waals surface area contributed by atoms with Crippen molar-refractivity contribution in [3.05, 3.63) is 239 Å². The van der Waals surface area contributed by atoms with E-state index in [4.69, 9.17) is 0 Å². The summed E-state index contributed by atoms with van der Waals surface area (Å²) in [4.78, 5) is 4.68. The summed E-state index contributed by atoms with van der Waals surface area (Å²) in [6.07, 6.45) is 8.75. The molecule has 0 spiro atoms. The van der Waals surface area contributed by atoms with E-state index in [1.807, 2.05) is 12.1 Å². The van der Waals surface area contributed by atoms with Gasteiger partial charge in [0.25, 0.3) is 0 Å². The van der Waals surface area contributed by atoms with Crippen molar-refractivity contribution >= 4 is 58.4 Å². The van der Waals surface area contributed by atoms with Gasteiger partial charge in [-0.1, -0.05) is 157 Å². The summed E-state index contributed by atoms with van der Waals surface area (Å²) in [5.74, 6) is 0. The van der Waals surface area contributed by atoms with Crippen LogP contribution in [0.1, 0.15) is 44.5 Å². The van der Waals surface area contributed by atoms with Gasteiger partial charge >= 0.3 is 0 Å². The van der Waals surface area contributed by atoms with Crippen LogP contribution in [-0.4, -0.2) is 0 Å². The summed E-state index contributed by atoms with van der Waals surface area (Å²) in [6.45, 7) is 8.65. The Morgan fingerprint density at radius 3 is 0.931 bits per heavy atom. The van der Waals surface area contributed by atoms with Crippen LogP contribution in [0.4, 0.5) is 34.1 Å². The van der Waals surface area contributed by atoms with E-state index in [9.17, 15) is 0 Å². The zero-order valence-corrected chi connectivity index (χ0v) is 33.7. The summed E-state index contributed by atoms with van der Waals surface area (Å²) in [5.41, 5.74) is 18.8. The van der Waals surface area contributed by atoms with Crippen molar-refractivity contribution in [3.63, 3.8) is 0 Å². The molecule has 282 valence electrons. The van der Waals surface area contributed by atoms with E-state index in [0.717, 1.165) is 34.1 Å². The molecule has 8 aromatic rings. The predicted molar refractivity (Wildman–Crippen MR) is 251 cm³/mol. The van der Waals surface area contributed by atoms with E-state index < -0.39 is 0 Å². The first-order valence-electron chi connectivity index (χ1n) is 20.0. The molecule has 0 aliphatic heterocycles. The molecule has 0 saturated carbocycles. The van der Waals surface area contributed by atoms with E-state index in [1.165, 1.54) is 55.6 Å². The normalized spacial score (nSPS) is 11.3. The third-order valence-corrected chi connectivity index (χ3v) is 10.7. The van der Waals surface area contributed by atoms with E-state index in [-0.39, 0.29) is 0 Å². The second-order valence-electron chi connectivity index (χ2n) is 15.0. The largest absolute Gasteiger partial charge is 0.310 e. The third-order valence-electron chi connectivity index (χ3n) is 10.7. The summed E-state index contributed by atoms with van der Waals surface area (Å²) in [6, 6.07) is 69.8. The average molecular weight is 749 g/mol. The van der Waals surface area contributed by atoms with Crippen molar-refractivity contribution in [3.8, 4) is 11.1 Å². The summed E-state index contributed by atoms with van der Waals surface area (Å²) < 4.78 is 0. The molecule has 2 heteroatoms. The third kappa shape index (κ3) is 8.78. The molecule has 0 atom stereocenters. The molecule has 0 bridgehead atoms. The number of hydrogen-bond donors (Lipinski definition) is 0. The van der Waals surface area contributed by atoms with Crippen LogP contribution in [-0.2, 0) is 0 Å². The smallest absolute Gasteiger partial charge is 0.0464 e. The highest BCUT2D eigenvalue weighted by atomic mass is 15.1. The highest BCUT2D eigenvalue weighted by Gasteiger charge is 2.16. The van der Waals surface area contributed by atoms with Gasteiger partial charge in [-0.3, -0.25) is 0 Å². The molecule has 2 nitrogen and oxygen atoms in total. The highest BCUT2D eigenvalue weighted by molar-refractivity contribution is 5.83. The molecule has 8 aromatic carbocycles. The molecule has 0 amide bonds. The number of anilines is 6. The monoisotopic (exact) mass is 748 g/mol. The molecule has 0 saturated heterocycles. The zero-order chi connectivity index (χ0) is 39.8. The molecule has 8 rings (SSSR count). The molecule has 0 N–H and O–H groups in total. The minimum Gasteiger partial charge on any atom is -0.310 e. The van der Waals surface area contributed by atoms with Crippen LogP contribution in [0.5, 0.6) is 0 Å². The van der Waals surface area contributed by atoms with Crippen LogP contribution in [0.15, 0.2) is 194 Å². The Kier molecular flexibility index (Phi) is 11.3. The number of aryl methyl sites for hydroxylation is 4. The van der Waals surface area contributed by atoms with Gasteiger partial charge in [0.05, 0.1) is 0 Å². The van der Waals surface area contributed by atoms with Gasteiger partial charge in [0.2, 0.25) is 0 Å². The Labute approximate surface area is 344 Å². The van der Waals surface area contributed by atoms with E-state index in [0.29, 0.717) is 0 Å². The molecule has 58 heavy (non-hydrogen) atoms. The Morgan fingerprint density at radius 2 is 0.603 bits per heavy atom. The molecule has 0 heterocycles. The fraction of sp³-hybridized carbons (Fsp3) is 0.0714. The van der Waals surface area contributed by atoms with Crippen LogP contribution in [0.2, 0.25) is 0 Å². The maximum absolute atomic E-state index is 2.34. The summed E-state index contributed by atoms with van der Waals surface area (Å²) >= 11 is 0. The maximum atomic E-state index is 2.34. The second-order valence-corrected chi connectivity index (χ2v) is 15.0. The van der Waals surface area contributed by atoms with Crippen molar-refractivity contribution in [1.29, 1.82) is 0 Å². The number of hydrogen-bond acceptors (Lipinski definition) is 2. The van der Waals surface area contributed by atoms with Crippen molar-refractivity contribution < 1.29 is 0 Å². The molecule has 0 unspecified atom stereocenters. The lowest BCUT2D eigenvalue weighted by molar-refractivity contribution is 1.26. The van der Waals surface area contributed by atoms with Gasteiger partial charge in [0.1, 0.15) is 0 Å². The summed E-state index contributed by atoms with van der Waals surface area (Å²) in [7, 11) is 0. The summed E-state index contributed by atoms with van der Waals surface area (Å²) in [5, 5.41) is 0. The van der Waals surface area contributed by atoms with Gasteiger partial charge in [0, 0.05) is 34.1 Å². The van der Waals surface area contributed by atoms with Crippen molar-refractivity contribution in [2.75, 3.05) is 9.80 Å². The van der Waals surface area contributed by atoms with Crippen molar-refractivity contribution in [1.82, 2.24) is 0 Å². The van der Waals surface area contributed by atoms with Crippen LogP contribution in [0.3, 0.4) is 0 Å². The minimum atomic E-state index is 1.11. The molecular weight excluding hydrogens is 701 g/mol. The van der Waals surface area contributed by atoms with Crippen LogP contribution in [0, 0.1) is 27.7 Å². The van der Waals surface area contributed by atoms with Gasteiger partial charge < -0.3 is 9.80 Å². The Hall–Kier alpha value is -7.16. The number of nitrogens with zero attached hydrogens (tertiary/aromatic N) is 2. The Balaban J connectivity index is 1.07. The number of rotatable bonds is 11. The zero-order valence-electron chi connectivity index (χ0n) is 33.7. The molecule has 0 aliphatic rings. The topological polar surface area (TPSA) is 6.48 Å². The van der Waals surface area contributed by atoms with E-state index >= 15 is 0 Å². The van der Waals surface area contributed by atoms with Gasteiger partial charge in [-0.25, -0.2) is 0 Å². The van der Waals surface area contributed by atoms with Gasteiger partial charge in [0.15, 0.2) is 0 Å². The molecule has 0 aromatic heterocycles.